The van der Waals surface area contributed by atoms with Crippen molar-refractivity contribution in [1.82, 2.24) is 0 Å². The van der Waals surface area contributed by atoms with Gasteiger partial charge in [-0.25, -0.2) is 13.2 Å². The van der Waals surface area contributed by atoms with Crippen molar-refractivity contribution in [1.29, 1.82) is 0 Å². The maximum Gasteiger partial charge on any atom is 0.137 e. The molecule has 2 rings (SSSR count). The Morgan fingerprint density at radius 2 is 1.70 bits per heavy atom. The molecule has 0 aromatic heterocycles. The van der Waals surface area contributed by atoms with Gasteiger partial charge in [-0.05, 0) is 18.2 Å². The zero-order valence-corrected chi connectivity index (χ0v) is 11.9. The number of ether oxygens (including phenoxy) is 1. The third kappa shape index (κ3) is 3.04. The van der Waals surface area contributed by atoms with Gasteiger partial charge in [0.1, 0.15) is 29.8 Å². The summed E-state index contributed by atoms with van der Waals surface area (Å²) in [4.78, 5) is 0. The summed E-state index contributed by atoms with van der Waals surface area (Å²) in [5.74, 6) is -2.45. The molecular formula is C15H10BrF3O. The molecular weight excluding hydrogens is 333 g/mol. The molecule has 0 aliphatic rings. The van der Waals surface area contributed by atoms with Crippen LogP contribution in [0.3, 0.4) is 0 Å². The van der Waals surface area contributed by atoms with Gasteiger partial charge in [0.15, 0.2) is 0 Å². The van der Waals surface area contributed by atoms with Gasteiger partial charge in [0.05, 0.1) is 5.56 Å². The van der Waals surface area contributed by atoms with Crippen molar-refractivity contribution >= 4 is 15.9 Å². The Balaban J connectivity index is 2.52. The molecule has 0 spiro atoms. The molecule has 0 aliphatic carbocycles. The first-order chi connectivity index (χ1) is 9.52. The second-order valence-electron chi connectivity index (χ2n) is 3.99. The van der Waals surface area contributed by atoms with Gasteiger partial charge >= 0.3 is 0 Å². The van der Waals surface area contributed by atoms with E-state index in [2.05, 4.69) is 22.5 Å². The number of halogens is 4. The fourth-order valence-corrected chi connectivity index (χ4v) is 2.10. The van der Waals surface area contributed by atoms with E-state index in [1.165, 1.54) is 18.2 Å². The van der Waals surface area contributed by atoms with Crippen LogP contribution in [-0.4, -0.2) is 6.61 Å². The highest BCUT2D eigenvalue weighted by Crippen LogP contribution is 2.33. The van der Waals surface area contributed by atoms with Crippen LogP contribution < -0.4 is 4.74 Å². The fraction of sp³-hybridized carbons (Fsp3) is 0.0667. The summed E-state index contributed by atoms with van der Waals surface area (Å²) >= 11 is 3.14. The lowest BCUT2D eigenvalue weighted by molar-refractivity contribution is 0.358. The lowest BCUT2D eigenvalue weighted by Crippen LogP contribution is -1.98. The van der Waals surface area contributed by atoms with Crippen LogP contribution in [0.2, 0.25) is 0 Å². The average Bonchev–Trinajstić information content (AvgIpc) is 2.39. The van der Waals surface area contributed by atoms with Gasteiger partial charge in [-0.15, -0.1) is 0 Å². The summed E-state index contributed by atoms with van der Waals surface area (Å²) < 4.78 is 47.3. The van der Waals surface area contributed by atoms with E-state index < -0.39 is 23.0 Å². The second kappa shape index (κ2) is 6.13. The molecule has 0 saturated carbocycles. The second-order valence-corrected chi connectivity index (χ2v) is 4.90. The van der Waals surface area contributed by atoms with Gasteiger partial charge in [0, 0.05) is 22.2 Å². The Morgan fingerprint density at radius 3 is 2.30 bits per heavy atom. The Kier molecular flexibility index (Phi) is 4.49. The summed E-state index contributed by atoms with van der Waals surface area (Å²) in [7, 11) is 0. The van der Waals surface area contributed by atoms with E-state index in [1.54, 1.807) is 0 Å². The van der Waals surface area contributed by atoms with Crippen molar-refractivity contribution in [3.05, 3.63) is 64.9 Å². The van der Waals surface area contributed by atoms with Gasteiger partial charge in [0.25, 0.3) is 0 Å². The maximum absolute atomic E-state index is 14.0. The van der Waals surface area contributed by atoms with E-state index in [-0.39, 0.29) is 17.9 Å². The molecule has 2 aromatic rings. The van der Waals surface area contributed by atoms with Crippen LogP contribution in [0.25, 0.3) is 11.1 Å². The summed E-state index contributed by atoms with van der Waals surface area (Å²) in [5, 5.41) is 0. The third-order valence-electron chi connectivity index (χ3n) is 2.58. The lowest BCUT2D eigenvalue weighted by atomic mass is 10.0. The van der Waals surface area contributed by atoms with E-state index in [9.17, 15) is 13.2 Å². The van der Waals surface area contributed by atoms with Gasteiger partial charge in [-0.1, -0.05) is 28.6 Å². The van der Waals surface area contributed by atoms with Crippen LogP contribution in [0.4, 0.5) is 13.2 Å². The zero-order chi connectivity index (χ0) is 14.7. The van der Waals surface area contributed by atoms with E-state index >= 15 is 0 Å². The van der Waals surface area contributed by atoms with E-state index in [0.717, 1.165) is 18.2 Å². The molecule has 0 fully saturated rings. The largest absolute Gasteiger partial charge is 0.489 e. The molecule has 0 radical (unpaired) electrons. The van der Waals surface area contributed by atoms with Gasteiger partial charge < -0.3 is 4.74 Å². The molecule has 0 aliphatic heterocycles. The number of benzene rings is 2. The molecule has 104 valence electrons. The first-order valence-electron chi connectivity index (χ1n) is 5.71. The van der Waals surface area contributed by atoms with Crippen molar-refractivity contribution in [3.63, 3.8) is 0 Å². The first-order valence-corrected chi connectivity index (χ1v) is 6.50. The summed E-state index contributed by atoms with van der Waals surface area (Å²) in [6.45, 7) is 3.57. The Labute approximate surface area is 122 Å². The zero-order valence-electron chi connectivity index (χ0n) is 10.3. The number of hydrogen-bond donors (Lipinski definition) is 0. The smallest absolute Gasteiger partial charge is 0.137 e. The van der Waals surface area contributed by atoms with Gasteiger partial charge in [0.2, 0.25) is 0 Å². The van der Waals surface area contributed by atoms with Crippen LogP contribution in [0.1, 0.15) is 0 Å². The normalized spacial score (nSPS) is 10.4. The van der Waals surface area contributed by atoms with Gasteiger partial charge in [-0.2, -0.15) is 0 Å². The highest BCUT2D eigenvalue weighted by atomic mass is 79.9. The molecule has 0 atom stereocenters. The minimum absolute atomic E-state index is 0.0269. The minimum atomic E-state index is -0.888. The van der Waals surface area contributed by atoms with Crippen LogP contribution in [-0.2, 0) is 0 Å². The summed E-state index contributed by atoms with van der Waals surface area (Å²) in [6.07, 6.45) is 1.46. The Bertz CT molecular complexity index is 633. The molecule has 20 heavy (non-hydrogen) atoms. The molecule has 2 aromatic carbocycles. The standard InChI is InChI=1S/C15H10BrF3O/c1-2-5-20-10-7-13(18)15(14(19)8-10)11-6-9(16)3-4-12(11)17/h2-4,6-8H,1,5H2. The lowest BCUT2D eigenvalue weighted by Gasteiger charge is -2.10. The van der Waals surface area contributed by atoms with Crippen molar-refractivity contribution in [2.24, 2.45) is 0 Å². The maximum atomic E-state index is 14.0. The molecule has 1 nitrogen and oxygen atoms in total. The highest BCUT2D eigenvalue weighted by molar-refractivity contribution is 9.10. The Hall–Kier alpha value is -1.75. The predicted molar refractivity (Wildman–Crippen MR) is 75.1 cm³/mol. The first kappa shape index (κ1) is 14.7. The van der Waals surface area contributed by atoms with E-state index in [1.807, 2.05) is 0 Å². The fourth-order valence-electron chi connectivity index (χ4n) is 1.73. The molecule has 0 N–H and O–H groups in total. The number of hydrogen-bond acceptors (Lipinski definition) is 1. The molecule has 0 saturated heterocycles. The van der Waals surface area contributed by atoms with Crippen molar-refractivity contribution in [2.45, 2.75) is 0 Å². The predicted octanol–water partition coefficient (Wildman–Crippen LogP) is 5.10. The monoisotopic (exact) mass is 342 g/mol. The Morgan fingerprint density at radius 1 is 1.05 bits per heavy atom. The number of rotatable bonds is 4. The van der Waals surface area contributed by atoms with Crippen LogP contribution in [0.5, 0.6) is 5.75 Å². The van der Waals surface area contributed by atoms with E-state index in [4.69, 9.17) is 4.74 Å². The third-order valence-corrected chi connectivity index (χ3v) is 3.07. The summed E-state index contributed by atoms with van der Waals surface area (Å²) in [6, 6.07) is 5.95. The molecule has 0 bridgehead atoms. The SMILES string of the molecule is C=CCOc1cc(F)c(-c2cc(Br)ccc2F)c(F)c1. The van der Waals surface area contributed by atoms with Crippen molar-refractivity contribution in [3.8, 4) is 16.9 Å². The van der Waals surface area contributed by atoms with Crippen LogP contribution in [0.15, 0.2) is 47.5 Å². The van der Waals surface area contributed by atoms with Crippen molar-refractivity contribution < 1.29 is 17.9 Å². The molecule has 0 heterocycles. The topological polar surface area (TPSA) is 9.23 Å². The molecule has 0 unspecified atom stereocenters. The molecule has 5 heteroatoms. The summed E-state index contributed by atoms with van der Waals surface area (Å²) in [5.41, 5.74) is -0.570. The van der Waals surface area contributed by atoms with Gasteiger partial charge in [-0.3, -0.25) is 0 Å². The average molecular weight is 343 g/mol. The van der Waals surface area contributed by atoms with Crippen molar-refractivity contribution in [2.75, 3.05) is 6.61 Å². The molecule has 0 amide bonds. The van der Waals surface area contributed by atoms with E-state index in [0.29, 0.717) is 4.47 Å². The highest BCUT2D eigenvalue weighted by Gasteiger charge is 2.17. The minimum Gasteiger partial charge on any atom is -0.489 e. The van der Waals surface area contributed by atoms with Crippen LogP contribution >= 0.6 is 15.9 Å². The quantitative estimate of drug-likeness (QED) is 0.702. The van der Waals surface area contributed by atoms with Crippen LogP contribution in [0, 0.1) is 17.5 Å².